The van der Waals surface area contributed by atoms with Crippen LogP contribution in [0.15, 0.2) is 53.1 Å². The van der Waals surface area contributed by atoms with Crippen molar-refractivity contribution in [3.63, 3.8) is 0 Å². The number of halogens is 1. The van der Waals surface area contributed by atoms with Crippen LogP contribution in [0.4, 0.5) is 5.69 Å². The second-order valence-corrected chi connectivity index (χ2v) is 12.3. The average Bonchev–Trinajstić information content (AvgIpc) is 3.24. The van der Waals surface area contributed by atoms with E-state index in [1.165, 1.54) is 19.2 Å². The van der Waals surface area contributed by atoms with Gasteiger partial charge >= 0.3 is 7.12 Å². The maximum Gasteiger partial charge on any atom is 0.488 e. The van der Waals surface area contributed by atoms with Crippen LogP contribution in [0.1, 0.15) is 57.9 Å². The van der Waals surface area contributed by atoms with Crippen molar-refractivity contribution >= 4 is 58.7 Å². The van der Waals surface area contributed by atoms with Gasteiger partial charge in [0.05, 0.1) is 40.9 Å². The summed E-state index contributed by atoms with van der Waals surface area (Å²) in [6.45, 7) is 3.67. The summed E-state index contributed by atoms with van der Waals surface area (Å²) < 4.78 is 5.96. The molecule has 0 radical (unpaired) electrons. The molecule has 1 aliphatic carbocycles. The van der Waals surface area contributed by atoms with Crippen LogP contribution in [0.5, 0.6) is 11.5 Å². The highest BCUT2D eigenvalue weighted by molar-refractivity contribution is 14.1. The van der Waals surface area contributed by atoms with Crippen molar-refractivity contribution in [2.45, 2.75) is 58.5 Å². The van der Waals surface area contributed by atoms with Gasteiger partial charge in [-0.25, -0.2) is 0 Å². The predicted octanol–water partition coefficient (Wildman–Crippen LogP) is 3.53. The summed E-state index contributed by atoms with van der Waals surface area (Å²) in [5.74, 6) is -2.55. The Morgan fingerprint density at radius 2 is 1.93 bits per heavy atom. The second-order valence-electron chi connectivity index (χ2n) is 11.2. The van der Waals surface area contributed by atoms with Crippen LogP contribution >= 0.6 is 22.6 Å². The quantitative estimate of drug-likeness (QED) is 0.0977. The number of hydrogen-bond donors (Lipinski definition) is 5. The molecule has 0 saturated carbocycles. The Kier molecular flexibility index (Phi) is 11.1. The molecule has 2 aromatic carbocycles. The van der Waals surface area contributed by atoms with E-state index < -0.39 is 36.9 Å². The maximum absolute atomic E-state index is 13.8. The molecule has 2 aliphatic rings. The fourth-order valence-corrected chi connectivity index (χ4v) is 7.10. The van der Waals surface area contributed by atoms with Gasteiger partial charge in [0.15, 0.2) is 11.5 Å². The van der Waals surface area contributed by atoms with Gasteiger partial charge in [-0.3, -0.25) is 14.5 Å². The number of ether oxygens (including phenoxy) is 1. The van der Waals surface area contributed by atoms with Crippen LogP contribution in [-0.4, -0.2) is 64.1 Å². The van der Waals surface area contributed by atoms with E-state index in [2.05, 4.69) is 22.6 Å². The molecule has 4 rings (SSSR count). The first-order chi connectivity index (χ1) is 20.6. The molecule has 11 heteroatoms. The molecule has 0 bridgehead atoms. The summed E-state index contributed by atoms with van der Waals surface area (Å²) in [7, 11) is -0.246. The number of methoxy groups -OCH3 is 1. The Morgan fingerprint density at radius 3 is 2.56 bits per heavy atom. The fourth-order valence-electron chi connectivity index (χ4n) is 6.47. The highest BCUT2D eigenvalue weighted by Gasteiger charge is 2.55. The van der Waals surface area contributed by atoms with Gasteiger partial charge in [-0.05, 0) is 95.6 Å². The number of benzene rings is 2. The lowest BCUT2D eigenvalue weighted by atomic mass is 9.67. The molecular formula is C32H39BINO8. The summed E-state index contributed by atoms with van der Waals surface area (Å²) in [5, 5.41) is 51.6. The van der Waals surface area contributed by atoms with Gasteiger partial charge in [0, 0.05) is 5.92 Å². The molecule has 9 nitrogen and oxygen atoms in total. The van der Waals surface area contributed by atoms with Gasteiger partial charge in [-0.15, -0.1) is 0 Å². The van der Waals surface area contributed by atoms with Crippen molar-refractivity contribution in [1.29, 1.82) is 0 Å². The average molecular weight is 703 g/mol. The van der Waals surface area contributed by atoms with Gasteiger partial charge in [0.2, 0.25) is 11.8 Å². The minimum absolute atomic E-state index is 0.0898. The molecule has 0 aromatic heterocycles. The smallest absolute Gasteiger partial charge is 0.488 e. The first-order valence-electron chi connectivity index (χ1n) is 14.7. The van der Waals surface area contributed by atoms with Gasteiger partial charge in [-0.2, -0.15) is 0 Å². The van der Waals surface area contributed by atoms with Crippen LogP contribution in [0, 0.1) is 21.3 Å². The second kappa shape index (κ2) is 14.4. The molecule has 1 saturated heterocycles. The topological polar surface area (TPSA) is 148 Å². The molecule has 0 unspecified atom stereocenters. The fraction of sp³-hybridized carbons (Fsp3) is 0.438. The van der Waals surface area contributed by atoms with E-state index >= 15 is 0 Å². The maximum atomic E-state index is 13.8. The van der Waals surface area contributed by atoms with Crippen molar-refractivity contribution in [3.05, 3.63) is 62.3 Å². The van der Waals surface area contributed by atoms with E-state index in [4.69, 9.17) is 4.74 Å². The number of aliphatic hydroxyl groups excluding tert-OH is 2. The molecule has 2 amide bonds. The third-order valence-electron chi connectivity index (χ3n) is 8.55. The van der Waals surface area contributed by atoms with E-state index in [0.29, 0.717) is 40.6 Å². The number of aromatic hydroxyl groups is 1. The molecule has 0 spiro atoms. The number of amides is 2. The molecule has 5 N–H and O–H groups in total. The summed E-state index contributed by atoms with van der Waals surface area (Å²) in [5.41, 5.74) is 3.94. The normalized spacial score (nSPS) is 21.3. The third kappa shape index (κ3) is 6.85. The lowest BCUT2D eigenvalue weighted by molar-refractivity contribution is -0.123. The largest absolute Gasteiger partial charge is 0.504 e. The zero-order valence-electron chi connectivity index (χ0n) is 24.7. The van der Waals surface area contributed by atoms with Gasteiger partial charge < -0.3 is 30.1 Å². The Balaban J connectivity index is 1.61. The standard InChI is InChI=1S/C32H39BINO8/c1-4-7-20-15-23-29(32(40)35(31(23)39)22-9-6-8-21(16-22)33(41)42)24(17-36)28(20)26(37)11-10-18(5-2)12-19-13-25(34)30(38)27(14-19)43-3/h6,8-9,12-14,16,23-24,26,29,36-38,41-42H,4-5,7,10-11,15,17H2,1-3H3/b18-12+/t23-,24+,26-,29-/m1/s1. The summed E-state index contributed by atoms with van der Waals surface area (Å²) in [4.78, 5) is 28.5. The van der Waals surface area contributed by atoms with Crippen molar-refractivity contribution < 1.29 is 39.7 Å². The Bertz CT molecular complexity index is 1420. The first-order valence-corrected chi connectivity index (χ1v) is 15.7. The van der Waals surface area contributed by atoms with Crippen LogP contribution in [0.25, 0.3) is 6.08 Å². The van der Waals surface area contributed by atoms with E-state index in [-0.39, 0.29) is 29.4 Å². The molecule has 43 heavy (non-hydrogen) atoms. The minimum atomic E-state index is -1.75. The highest BCUT2D eigenvalue weighted by atomic mass is 127. The van der Waals surface area contributed by atoms with Crippen molar-refractivity contribution in [1.82, 2.24) is 0 Å². The Labute approximate surface area is 266 Å². The van der Waals surface area contributed by atoms with Crippen LogP contribution in [0.2, 0.25) is 0 Å². The van der Waals surface area contributed by atoms with Crippen LogP contribution in [-0.2, 0) is 9.59 Å². The van der Waals surface area contributed by atoms with Gasteiger partial charge in [-0.1, -0.05) is 49.6 Å². The number of rotatable bonds is 12. The highest BCUT2D eigenvalue weighted by Crippen LogP contribution is 2.48. The number of carbonyl (C=O) groups is 2. The molecule has 1 fully saturated rings. The number of nitrogens with zero attached hydrogens (tertiary/aromatic N) is 1. The SMILES string of the molecule is CCCC1=C([C@H](O)CC/C(=C/c2cc(I)c(O)c(OC)c2)CC)[C@H](CO)[C@@H]2C(=O)N(c3cccc(B(O)O)c3)C(=O)[C@@H]2C1. The summed E-state index contributed by atoms with van der Waals surface area (Å²) in [6.07, 6.45) is 4.55. The number of fused-ring (bicyclic) bond motifs is 1. The van der Waals surface area contributed by atoms with Crippen molar-refractivity contribution in [3.8, 4) is 11.5 Å². The van der Waals surface area contributed by atoms with Crippen LogP contribution < -0.4 is 15.1 Å². The zero-order chi connectivity index (χ0) is 31.4. The number of anilines is 1. The zero-order valence-corrected chi connectivity index (χ0v) is 26.8. The monoisotopic (exact) mass is 703 g/mol. The minimum Gasteiger partial charge on any atom is -0.504 e. The molecule has 2 aromatic rings. The number of phenols is 1. The lowest BCUT2D eigenvalue weighted by Crippen LogP contribution is -2.39. The Morgan fingerprint density at radius 1 is 1.19 bits per heavy atom. The van der Waals surface area contributed by atoms with Gasteiger partial charge in [0.25, 0.3) is 0 Å². The number of allylic oxidation sites excluding steroid dienone is 2. The van der Waals surface area contributed by atoms with Gasteiger partial charge in [0.1, 0.15) is 0 Å². The number of phenolic OH excluding ortho intramolecular Hbond substituents is 1. The molecule has 1 heterocycles. The van der Waals surface area contributed by atoms with E-state index in [0.717, 1.165) is 34.5 Å². The van der Waals surface area contributed by atoms with E-state index in [1.54, 1.807) is 18.2 Å². The summed E-state index contributed by atoms with van der Waals surface area (Å²) >= 11 is 2.05. The molecular weight excluding hydrogens is 664 g/mol. The van der Waals surface area contributed by atoms with E-state index in [9.17, 15) is 35.0 Å². The molecule has 1 aliphatic heterocycles. The van der Waals surface area contributed by atoms with Crippen molar-refractivity contribution in [2.75, 3.05) is 18.6 Å². The van der Waals surface area contributed by atoms with Crippen molar-refractivity contribution in [2.24, 2.45) is 17.8 Å². The predicted molar refractivity (Wildman–Crippen MR) is 174 cm³/mol. The number of aliphatic hydroxyl groups is 2. The molecule has 230 valence electrons. The first kappa shape index (κ1) is 33.2. The lowest BCUT2D eigenvalue weighted by Gasteiger charge is -2.36. The number of carbonyl (C=O) groups excluding carboxylic acids is 2. The number of hydrogen-bond acceptors (Lipinski definition) is 8. The van der Waals surface area contributed by atoms with E-state index in [1.807, 2.05) is 26.0 Å². The number of imide groups is 1. The van der Waals surface area contributed by atoms with Crippen LogP contribution in [0.3, 0.4) is 0 Å². The summed E-state index contributed by atoms with van der Waals surface area (Å²) in [6, 6.07) is 9.66. The third-order valence-corrected chi connectivity index (χ3v) is 9.37. The molecule has 4 atom stereocenters. The Hall–Kier alpha value is -2.71.